The van der Waals surface area contributed by atoms with Crippen molar-refractivity contribution in [3.05, 3.63) is 63.1 Å². The monoisotopic (exact) mass is 335 g/mol. The average molecular weight is 336 g/mol. The van der Waals surface area contributed by atoms with Gasteiger partial charge in [0.15, 0.2) is 0 Å². The number of likely N-dealkylation sites (N-methyl/N-ethyl adjacent to an activating group) is 1. The predicted molar refractivity (Wildman–Crippen MR) is 92.3 cm³/mol. The maximum atomic E-state index is 6.21. The first-order chi connectivity index (χ1) is 10.5. The van der Waals surface area contributed by atoms with Crippen molar-refractivity contribution >= 4 is 23.2 Å². The first-order valence-electron chi connectivity index (χ1n) is 7.34. The Bertz CT molecular complexity index is 701. The Balaban J connectivity index is 2.10. The van der Waals surface area contributed by atoms with Crippen molar-refractivity contribution in [3.63, 3.8) is 0 Å². The van der Waals surface area contributed by atoms with Crippen molar-refractivity contribution in [2.45, 2.75) is 18.9 Å². The molecule has 1 heterocycles. The first-order valence-corrected chi connectivity index (χ1v) is 8.10. The van der Waals surface area contributed by atoms with E-state index in [9.17, 15) is 0 Å². The van der Waals surface area contributed by atoms with Gasteiger partial charge in [0.2, 0.25) is 0 Å². The lowest BCUT2D eigenvalue weighted by Gasteiger charge is -2.38. The van der Waals surface area contributed by atoms with Crippen LogP contribution in [0.15, 0.2) is 36.4 Å². The summed E-state index contributed by atoms with van der Waals surface area (Å²) < 4.78 is 5.38. The highest BCUT2D eigenvalue weighted by molar-refractivity contribution is 6.42. The molecule has 0 fully saturated rings. The van der Waals surface area contributed by atoms with E-state index in [-0.39, 0.29) is 5.92 Å². The Hall–Kier alpha value is -1.22. The molecule has 116 valence electrons. The zero-order valence-corrected chi connectivity index (χ0v) is 14.4. The largest absolute Gasteiger partial charge is 0.497 e. The number of nitrogens with zero attached hydrogens (tertiary/aromatic N) is 1. The summed E-state index contributed by atoms with van der Waals surface area (Å²) in [7, 11) is 3.85. The number of hydrogen-bond acceptors (Lipinski definition) is 2. The highest BCUT2D eigenvalue weighted by atomic mass is 35.5. The highest BCUT2D eigenvalue weighted by Crippen LogP contribution is 2.41. The molecule has 0 radical (unpaired) electrons. The van der Waals surface area contributed by atoms with Gasteiger partial charge in [-0.2, -0.15) is 0 Å². The summed E-state index contributed by atoms with van der Waals surface area (Å²) in [6.45, 7) is 3.18. The molecule has 3 rings (SSSR count). The van der Waals surface area contributed by atoms with E-state index >= 15 is 0 Å². The fraction of sp³-hybridized carbons (Fsp3) is 0.333. The molecule has 2 aromatic carbocycles. The van der Waals surface area contributed by atoms with Gasteiger partial charge in [-0.05, 0) is 54.9 Å². The topological polar surface area (TPSA) is 12.5 Å². The zero-order chi connectivity index (χ0) is 15.9. The molecule has 2 aromatic rings. The van der Waals surface area contributed by atoms with E-state index in [4.69, 9.17) is 27.9 Å². The van der Waals surface area contributed by atoms with Crippen LogP contribution >= 0.6 is 23.2 Å². The minimum atomic E-state index is 0.289. The number of fused-ring (bicyclic) bond motifs is 1. The predicted octanol–water partition coefficient (Wildman–Crippen LogP) is 5.14. The summed E-state index contributed by atoms with van der Waals surface area (Å²) in [6.07, 6.45) is 0. The number of benzene rings is 2. The molecule has 0 N–H and O–H groups in total. The third kappa shape index (κ3) is 2.71. The van der Waals surface area contributed by atoms with Crippen LogP contribution in [0.25, 0.3) is 0 Å². The Kier molecular flexibility index (Phi) is 4.35. The van der Waals surface area contributed by atoms with Gasteiger partial charge in [-0.15, -0.1) is 0 Å². The summed E-state index contributed by atoms with van der Waals surface area (Å²) in [5.74, 6) is 1.19. The lowest BCUT2D eigenvalue weighted by atomic mass is 9.82. The fourth-order valence-electron chi connectivity index (χ4n) is 3.15. The normalized spacial score (nSPS) is 21.5. The summed E-state index contributed by atoms with van der Waals surface area (Å²) in [6, 6.07) is 12.6. The first kappa shape index (κ1) is 15.7. The van der Waals surface area contributed by atoms with Gasteiger partial charge in [0.25, 0.3) is 0 Å². The van der Waals surface area contributed by atoms with Crippen LogP contribution in [0.1, 0.15) is 35.6 Å². The number of halogens is 2. The van der Waals surface area contributed by atoms with Crippen LogP contribution in [-0.2, 0) is 0 Å². The molecule has 1 aliphatic rings. The van der Waals surface area contributed by atoms with Crippen molar-refractivity contribution in [1.82, 2.24) is 4.90 Å². The van der Waals surface area contributed by atoms with E-state index in [0.29, 0.717) is 16.1 Å². The van der Waals surface area contributed by atoms with Gasteiger partial charge in [-0.25, -0.2) is 0 Å². The second kappa shape index (κ2) is 6.11. The Labute approximate surface area is 141 Å². The lowest BCUT2D eigenvalue weighted by molar-refractivity contribution is 0.233. The summed E-state index contributed by atoms with van der Waals surface area (Å²) >= 11 is 12.3. The van der Waals surface area contributed by atoms with Gasteiger partial charge < -0.3 is 4.74 Å². The van der Waals surface area contributed by atoms with Gasteiger partial charge in [0.1, 0.15) is 5.75 Å². The van der Waals surface area contributed by atoms with E-state index in [1.165, 1.54) is 16.7 Å². The van der Waals surface area contributed by atoms with E-state index < -0.39 is 0 Å². The molecular weight excluding hydrogens is 317 g/mol. The molecule has 22 heavy (non-hydrogen) atoms. The number of methoxy groups -OCH3 is 1. The molecule has 0 bridgehead atoms. The second-order valence-electron chi connectivity index (χ2n) is 5.84. The van der Waals surface area contributed by atoms with Crippen LogP contribution in [0.4, 0.5) is 0 Å². The summed E-state index contributed by atoms with van der Waals surface area (Å²) in [5.41, 5.74) is 3.84. The molecule has 0 saturated carbocycles. The van der Waals surface area contributed by atoms with E-state index in [1.807, 2.05) is 18.2 Å². The van der Waals surface area contributed by atoms with Gasteiger partial charge >= 0.3 is 0 Å². The molecule has 0 saturated heterocycles. The zero-order valence-electron chi connectivity index (χ0n) is 12.9. The lowest BCUT2D eigenvalue weighted by Crippen LogP contribution is -2.34. The molecular formula is C18H19Cl2NO. The van der Waals surface area contributed by atoms with E-state index in [1.54, 1.807) is 7.11 Å². The van der Waals surface area contributed by atoms with Crippen molar-refractivity contribution in [2.24, 2.45) is 0 Å². The maximum absolute atomic E-state index is 6.21. The number of hydrogen-bond donors (Lipinski definition) is 0. The molecule has 0 spiro atoms. The smallest absolute Gasteiger partial charge is 0.119 e. The molecule has 2 unspecified atom stereocenters. The average Bonchev–Trinajstić information content (AvgIpc) is 2.53. The van der Waals surface area contributed by atoms with Crippen molar-refractivity contribution in [1.29, 1.82) is 0 Å². The van der Waals surface area contributed by atoms with Crippen molar-refractivity contribution in [3.8, 4) is 5.75 Å². The van der Waals surface area contributed by atoms with Crippen LogP contribution in [-0.4, -0.2) is 25.6 Å². The van der Waals surface area contributed by atoms with E-state index in [0.717, 1.165) is 12.3 Å². The van der Waals surface area contributed by atoms with Gasteiger partial charge in [0.05, 0.1) is 17.2 Å². The third-order valence-electron chi connectivity index (χ3n) is 4.60. The molecule has 2 atom stereocenters. The highest BCUT2D eigenvalue weighted by Gasteiger charge is 2.30. The quantitative estimate of drug-likeness (QED) is 0.753. The minimum Gasteiger partial charge on any atom is -0.497 e. The molecule has 0 aliphatic carbocycles. The minimum absolute atomic E-state index is 0.289. The molecule has 2 nitrogen and oxygen atoms in total. The van der Waals surface area contributed by atoms with Crippen molar-refractivity contribution in [2.75, 3.05) is 20.7 Å². The molecule has 0 aromatic heterocycles. The summed E-state index contributed by atoms with van der Waals surface area (Å²) in [4.78, 5) is 2.36. The van der Waals surface area contributed by atoms with Crippen LogP contribution < -0.4 is 4.74 Å². The Morgan fingerprint density at radius 3 is 2.50 bits per heavy atom. The van der Waals surface area contributed by atoms with Crippen LogP contribution in [0, 0.1) is 0 Å². The standard InChI is InChI=1S/C18H19Cl2NO/c1-11-15-9-13(22-3)5-6-14(15)16(10-21(11)2)12-4-7-17(19)18(20)8-12/h4-9,11,16H,10H2,1-3H3. The fourth-order valence-corrected chi connectivity index (χ4v) is 3.46. The van der Waals surface area contributed by atoms with Crippen molar-refractivity contribution < 1.29 is 4.74 Å². The van der Waals surface area contributed by atoms with E-state index in [2.05, 4.69) is 37.1 Å². The van der Waals surface area contributed by atoms with Crippen LogP contribution in [0.2, 0.25) is 10.0 Å². The number of rotatable bonds is 2. The summed E-state index contributed by atoms with van der Waals surface area (Å²) in [5, 5.41) is 1.20. The van der Waals surface area contributed by atoms with Crippen LogP contribution in [0.5, 0.6) is 5.75 Å². The van der Waals surface area contributed by atoms with Gasteiger partial charge in [0, 0.05) is 18.5 Å². The second-order valence-corrected chi connectivity index (χ2v) is 6.65. The molecule has 1 aliphatic heterocycles. The molecule has 0 amide bonds. The molecule has 4 heteroatoms. The van der Waals surface area contributed by atoms with Gasteiger partial charge in [-0.3, -0.25) is 4.90 Å². The van der Waals surface area contributed by atoms with Crippen LogP contribution in [0.3, 0.4) is 0 Å². The Morgan fingerprint density at radius 1 is 1.05 bits per heavy atom. The maximum Gasteiger partial charge on any atom is 0.119 e. The third-order valence-corrected chi connectivity index (χ3v) is 5.34. The SMILES string of the molecule is COc1ccc2c(c1)C(C)N(C)CC2c1ccc(Cl)c(Cl)c1. The number of ether oxygens (including phenoxy) is 1. The van der Waals surface area contributed by atoms with Gasteiger partial charge in [-0.1, -0.05) is 35.3 Å². The Morgan fingerprint density at radius 2 is 1.82 bits per heavy atom.